The van der Waals surface area contributed by atoms with E-state index in [0.717, 1.165) is 18.2 Å². The van der Waals surface area contributed by atoms with Crippen LogP contribution in [-0.4, -0.2) is 55.9 Å². The second-order valence-corrected chi connectivity index (χ2v) is 10.4. The van der Waals surface area contributed by atoms with Crippen LogP contribution in [0.5, 0.6) is 11.5 Å². The summed E-state index contributed by atoms with van der Waals surface area (Å²) >= 11 is 0. The van der Waals surface area contributed by atoms with Crippen LogP contribution >= 0.6 is 0 Å². The Balaban J connectivity index is 2.09. The van der Waals surface area contributed by atoms with Crippen molar-refractivity contribution in [3.8, 4) is 22.6 Å². The van der Waals surface area contributed by atoms with Crippen molar-refractivity contribution in [2.45, 2.75) is 78.1 Å². The first-order chi connectivity index (χ1) is 19.4. The van der Waals surface area contributed by atoms with Crippen molar-refractivity contribution >= 4 is 17.5 Å². The number of aromatic nitrogens is 1. The summed E-state index contributed by atoms with van der Waals surface area (Å²) in [6.45, 7) is 7.53. The Hall–Kier alpha value is -4.18. The fraction of sp³-hybridized carbons (Fsp3) is 0.419. The van der Waals surface area contributed by atoms with Crippen LogP contribution in [-0.2, 0) is 14.3 Å². The van der Waals surface area contributed by atoms with Gasteiger partial charge in [0.15, 0.2) is 11.9 Å². The number of nitrogens with zero attached hydrogens (tertiary/aromatic N) is 1. The average molecular weight is 568 g/mol. The van der Waals surface area contributed by atoms with Crippen LogP contribution in [0.2, 0.25) is 0 Å². The van der Waals surface area contributed by atoms with Crippen molar-refractivity contribution in [1.82, 2.24) is 4.73 Å². The SMILES string of the molecule is CC[C@@H](C)/C=C(C)/C=C/C(=O)c1c(O)c(-c2ccc(O)cc2)cn(O[C@@H]2CC(=O)CCC(C)OC(=O)C[C@@H]2O)c1=O. The van der Waals surface area contributed by atoms with E-state index in [1.807, 2.05) is 26.8 Å². The molecule has 0 spiro atoms. The smallest absolute Gasteiger partial charge is 0.308 e. The first-order valence-corrected chi connectivity index (χ1v) is 13.6. The van der Waals surface area contributed by atoms with Crippen LogP contribution in [0.1, 0.15) is 70.2 Å². The number of hydrogen-bond donors (Lipinski definition) is 3. The first kappa shape index (κ1) is 31.3. The van der Waals surface area contributed by atoms with Crippen LogP contribution < -0.4 is 10.4 Å². The number of carbonyl (C=O) groups excluding carboxylic acids is 3. The molecule has 41 heavy (non-hydrogen) atoms. The van der Waals surface area contributed by atoms with Gasteiger partial charge in [0.1, 0.15) is 28.9 Å². The summed E-state index contributed by atoms with van der Waals surface area (Å²) in [5, 5.41) is 31.5. The maximum atomic E-state index is 13.5. The van der Waals surface area contributed by atoms with E-state index in [1.165, 1.54) is 30.3 Å². The second kappa shape index (κ2) is 13.9. The van der Waals surface area contributed by atoms with Crippen molar-refractivity contribution in [2.24, 2.45) is 5.92 Å². The van der Waals surface area contributed by atoms with Crippen LogP contribution in [0.3, 0.4) is 0 Å². The molecular formula is C31H37NO9. The highest BCUT2D eigenvalue weighted by molar-refractivity contribution is 6.07. The number of aliphatic hydroxyl groups excluding tert-OH is 1. The highest BCUT2D eigenvalue weighted by Gasteiger charge is 2.31. The molecule has 1 fully saturated rings. The molecule has 3 rings (SSSR count). The van der Waals surface area contributed by atoms with Gasteiger partial charge in [-0.2, -0.15) is 4.73 Å². The summed E-state index contributed by atoms with van der Waals surface area (Å²) in [6, 6.07) is 5.68. The monoisotopic (exact) mass is 567 g/mol. The summed E-state index contributed by atoms with van der Waals surface area (Å²) < 4.78 is 5.90. The predicted octanol–water partition coefficient (Wildman–Crippen LogP) is 3.89. The van der Waals surface area contributed by atoms with Gasteiger partial charge in [-0.3, -0.25) is 19.2 Å². The van der Waals surface area contributed by atoms with E-state index < -0.39 is 53.4 Å². The number of aliphatic hydroxyl groups is 1. The number of phenolic OH excluding ortho intramolecular Hbond substituents is 1. The van der Waals surface area contributed by atoms with Gasteiger partial charge in [0.05, 0.1) is 18.7 Å². The van der Waals surface area contributed by atoms with E-state index in [-0.39, 0.29) is 35.9 Å². The molecule has 1 aromatic carbocycles. The van der Waals surface area contributed by atoms with Gasteiger partial charge >= 0.3 is 5.97 Å². The number of Topliss-reactive ketones (excluding diaryl/α,β-unsaturated/α-hetero) is 1. The molecule has 10 heteroatoms. The van der Waals surface area contributed by atoms with Crippen LogP contribution in [0.4, 0.5) is 0 Å². The van der Waals surface area contributed by atoms with Gasteiger partial charge in [-0.1, -0.05) is 50.1 Å². The van der Waals surface area contributed by atoms with E-state index in [2.05, 4.69) is 0 Å². The van der Waals surface area contributed by atoms with Crippen LogP contribution in [0, 0.1) is 5.92 Å². The zero-order valence-electron chi connectivity index (χ0n) is 23.7. The molecule has 2 aromatic rings. The van der Waals surface area contributed by atoms with Crippen LogP contribution in [0.15, 0.2) is 59.1 Å². The fourth-order valence-electron chi connectivity index (χ4n) is 4.36. The molecule has 0 radical (unpaired) electrons. The highest BCUT2D eigenvalue weighted by atomic mass is 16.7. The summed E-state index contributed by atoms with van der Waals surface area (Å²) in [5.41, 5.74) is -0.429. The van der Waals surface area contributed by atoms with Crippen molar-refractivity contribution < 1.29 is 39.3 Å². The summed E-state index contributed by atoms with van der Waals surface area (Å²) in [5.74, 6) is -2.10. The summed E-state index contributed by atoms with van der Waals surface area (Å²) in [4.78, 5) is 57.4. The maximum absolute atomic E-state index is 13.5. The number of cyclic esters (lactones) is 1. The average Bonchev–Trinajstić information content (AvgIpc) is 2.91. The molecule has 0 aliphatic carbocycles. The van der Waals surface area contributed by atoms with Gasteiger partial charge in [-0.05, 0) is 50.0 Å². The maximum Gasteiger partial charge on any atom is 0.308 e. The van der Waals surface area contributed by atoms with Gasteiger partial charge in [0, 0.05) is 18.4 Å². The van der Waals surface area contributed by atoms with Gasteiger partial charge in [0.25, 0.3) is 5.56 Å². The summed E-state index contributed by atoms with van der Waals surface area (Å²) in [7, 11) is 0. The topological polar surface area (TPSA) is 152 Å². The van der Waals surface area contributed by atoms with Gasteiger partial charge in [0.2, 0.25) is 0 Å². The molecular weight excluding hydrogens is 530 g/mol. The normalized spacial score (nSPS) is 21.4. The molecule has 10 nitrogen and oxygen atoms in total. The minimum absolute atomic E-state index is 0.0298. The Morgan fingerprint density at radius 3 is 2.49 bits per heavy atom. The Labute approximate surface area is 238 Å². The van der Waals surface area contributed by atoms with E-state index in [0.29, 0.717) is 16.7 Å². The summed E-state index contributed by atoms with van der Waals surface area (Å²) in [6.07, 6.45) is 3.02. The second-order valence-electron chi connectivity index (χ2n) is 10.4. The Morgan fingerprint density at radius 2 is 1.83 bits per heavy atom. The van der Waals surface area contributed by atoms with E-state index >= 15 is 0 Å². The molecule has 1 unspecified atom stereocenters. The number of hydrogen-bond acceptors (Lipinski definition) is 9. The van der Waals surface area contributed by atoms with Crippen molar-refractivity contribution in [3.63, 3.8) is 0 Å². The van der Waals surface area contributed by atoms with Crippen LogP contribution in [0.25, 0.3) is 11.1 Å². The van der Waals surface area contributed by atoms with Gasteiger partial charge in [-0.15, -0.1) is 0 Å². The Bertz CT molecular complexity index is 1390. The molecule has 0 saturated carbocycles. The third-order valence-electron chi connectivity index (χ3n) is 6.91. The zero-order valence-corrected chi connectivity index (χ0v) is 23.7. The molecule has 1 aliphatic heterocycles. The lowest BCUT2D eigenvalue weighted by Crippen LogP contribution is -2.44. The number of pyridine rings is 1. The number of aromatic hydroxyl groups is 2. The minimum atomic E-state index is -1.50. The molecule has 2 heterocycles. The lowest BCUT2D eigenvalue weighted by molar-refractivity contribution is -0.156. The molecule has 220 valence electrons. The molecule has 4 atom stereocenters. The predicted molar refractivity (Wildman–Crippen MR) is 152 cm³/mol. The molecule has 1 aromatic heterocycles. The molecule has 3 N–H and O–H groups in total. The highest BCUT2D eigenvalue weighted by Crippen LogP contribution is 2.32. The Morgan fingerprint density at radius 1 is 1.15 bits per heavy atom. The minimum Gasteiger partial charge on any atom is -0.508 e. The Kier molecular flexibility index (Phi) is 10.7. The zero-order chi connectivity index (χ0) is 30.3. The number of esters is 1. The molecule has 0 amide bonds. The number of carbonyl (C=O) groups is 3. The fourth-order valence-corrected chi connectivity index (χ4v) is 4.36. The number of phenols is 1. The number of allylic oxidation sites excluding steroid dienone is 4. The lowest BCUT2D eigenvalue weighted by Gasteiger charge is -2.26. The third-order valence-corrected chi connectivity index (χ3v) is 6.91. The molecule has 0 bridgehead atoms. The first-order valence-electron chi connectivity index (χ1n) is 13.6. The molecule has 1 aliphatic rings. The lowest BCUT2D eigenvalue weighted by atomic mass is 10.00. The van der Waals surface area contributed by atoms with Crippen molar-refractivity contribution in [3.05, 3.63) is 70.2 Å². The third kappa shape index (κ3) is 8.40. The van der Waals surface area contributed by atoms with Crippen molar-refractivity contribution in [2.75, 3.05) is 0 Å². The van der Waals surface area contributed by atoms with Crippen molar-refractivity contribution in [1.29, 1.82) is 0 Å². The number of rotatable bonds is 8. The molecule has 1 saturated heterocycles. The number of ether oxygens (including phenoxy) is 1. The van der Waals surface area contributed by atoms with E-state index in [4.69, 9.17) is 9.57 Å². The van der Waals surface area contributed by atoms with E-state index in [9.17, 15) is 34.5 Å². The van der Waals surface area contributed by atoms with Gasteiger partial charge in [-0.25, -0.2) is 0 Å². The largest absolute Gasteiger partial charge is 0.508 e. The quantitative estimate of drug-likeness (QED) is 0.187. The van der Waals surface area contributed by atoms with Gasteiger partial charge < -0.3 is 24.9 Å². The standard InChI is InChI=1S/C31H37NO9/c1-5-18(2)14-19(3)6-13-25(35)29-30(38)24(21-8-11-22(33)12-9-21)17-32(31(29)39)41-27-15-23(34)10-7-20(4)40-28(37)16-26(27)36/h6,8-9,11-14,17-18,20,26-27,33,36,38H,5,7,10,15-16H2,1-4H3/b13-6+,19-14+/t18-,20?,26+,27-/m1/s1. The number of ketones is 2. The number of benzene rings is 1. The van der Waals surface area contributed by atoms with E-state index in [1.54, 1.807) is 13.0 Å².